The summed E-state index contributed by atoms with van der Waals surface area (Å²) >= 11 is 0. The molecular weight excluding hydrogens is 797 g/mol. The first-order chi connectivity index (χ1) is 27.9. The number of aliphatic hydroxyl groups is 1. The molecule has 0 unspecified atom stereocenters. The summed E-state index contributed by atoms with van der Waals surface area (Å²) in [4.78, 5) is 55.7. The van der Waals surface area contributed by atoms with Crippen molar-refractivity contribution in [3.63, 3.8) is 0 Å². The summed E-state index contributed by atoms with van der Waals surface area (Å²) in [7, 11) is -2.92. The summed E-state index contributed by atoms with van der Waals surface area (Å²) in [6.07, 6.45) is -2.35. The van der Waals surface area contributed by atoms with Crippen LogP contribution in [0.3, 0.4) is 0 Å². The molecule has 2 aliphatic rings. The predicted molar refractivity (Wildman–Crippen MR) is 237 cm³/mol. The maximum absolute atomic E-state index is 14.9. The first-order valence-electron chi connectivity index (χ1n) is 21.9. The van der Waals surface area contributed by atoms with Crippen LogP contribution in [0.4, 0.5) is 0 Å². The largest absolute Gasteiger partial charge is 0.458 e. The van der Waals surface area contributed by atoms with Gasteiger partial charge >= 0.3 is 23.9 Å². The summed E-state index contributed by atoms with van der Waals surface area (Å²) in [6, 6.07) is 9.80. The minimum atomic E-state index is -2.92. The van der Waals surface area contributed by atoms with E-state index in [1.807, 2.05) is 78.0 Å². The highest BCUT2D eigenvalue weighted by molar-refractivity contribution is 6.74. The highest BCUT2D eigenvalue weighted by atomic mass is 28.4. The van der Waals surface area contributed by atoms with E-state index in [0.29, 0.717) is 17.9 Å². The number of ether oxygens (including phenoxy) is 6. The van der Waals surface area contributed by atoms with Gasteiger partial charge in [-0.05, 0) is 102 Å². The van der Waals surface area contributed by atoms with Gasteiger partial charge in [-0.15, -0.1) is 0 Å². The number of allylic oxidation sites excluding steroid dienone is 1. The van der Waals surface area contributed by atoms with Gasteiger partial charge in [0.1, 0.15) is 29.5 Å². The maximum atomic E-state index is 14.9. The molecule has 2 aliphatic heterocycles. The van der Waals surface area contributed by atoms with E-state index in [4.69, 9.17) is 32.8 Å². The lowest BCUT2D eigenvalue weighted by Crippen LogP contribution is -2.68. The molecule has 0 aliphatic carbocycles. The Balaban J connectivity index is 2.31. The molecule has 12 nitrogen and oxygen atoms in total. The number of fused-ring (bicyclic) bond motifs is 2. The van der Waals surface area contributed by atoms with E-state index in [2.05, 4.69) is 20.4 Å². The normalized spacial score (nSPS) is 26.5. The second kappa shape index (κ2) is 20.0. The molecule has 3 rings (SSSR count). The number of benzene rings is 1. The van der Waals surface area contributed by atoms with Gasteiger partial charge < -0.3 is 38.0 Å². The lowest BCUT2D eigenvalue weighted by molar-refractivity contribution is -0.355. The number of hydrogen-bond donors (Lipinski definition) is 1. The highest BCUT2D eigenvalue weighted by Gasteiger charge is 2.79. The molecule has 344 valence electrons. The monoisotopic (exact) mass is 873 g/mol. The van der Waals surface area contributed by atoms with Crippen molar-refractivity contribution in [2.75, 3.05) is 0 Å². The predicted octanol–water partition coefficient (Wildman–Crippen LogP) is 8.97. The average molecular weight is 873 g/mol. The summed E-state index contributed by atoms with van der Waals surface area (Å²) < 4.78 is 44.7. The zero-order chi connectivity index (χ0) is 46.5. The van der Waals surface area contributed by atoms with Crippen LogP contribution in [-0.4, -0.2) is 90.4 Å². The van der Waals surface area contributed by atoms with Gasteiger partial charge in [0, 0.05) is 25.3 Å². The Bertz CT molecular complexity index is 1720. The Hall–Kier alpha value is -3.36. The van der Waals surface area contributed by atoms with Gasteiger partial charge in [0.25, 0.3) is 0 Å². The Morgan fingerprint density at radius 2 is 1.52 bits per heavy atom. The van der Waals surface area contributed by atoms with Crippen LogP contribution in [0.5, 0.6) is 0 Å². The summed E-state index contributed by atoms with van der Waals surface area (Å²) in [5.74, 6) is -5.16. The van der Waals surface area contributed by atoms with Gasteiger partial charge in [0.05, 0.1) is 0 Å². The van der Waals surface area contributed by atoms with E-state index < -0.39 is 90.3 Å². The van der Waals surface area contributed by atoms with Gasteiger partial charge in [-0.1, -0.05) is 97.9 Å². The van der Waals surface area contributed by atoms with E-state index in [0.717, 1.165) is 18.4 Å². The summed E-state index contributed by atoms with van der Waals surface area (Å²) in [5.41, 5.74) is -3.13. The van der Waals surface area contributed by atoms with Crippen molar-refractivity contribution in [3.05, 3.63) is 60.2 Å². The molecule has 1 N–H and O–H groups in total. The minimum Gasteiger partial charge on any atom is -0.458 e. The smallest absolute Gasteiger partial charge is 0.346 e. The Kier molecular flexibility index (Phi) is 17.0. The maximum Gasteiger partial charge on any atom is 0.346 e. The zero-order valence-electron chi connectivity index (χ0n) is 39.8. The molecule has 0 saturated carbocycles. The molecule has 0 aromatic heterocycles. The van der Waals surface area contributed by atoms with Crippen molar-refractivity contribution in [3.8, 4) is 0 Å². The molecular formula is C48H76O12Si. The number of carbonyl (C=O) groups excluding carboxylic acids is 4. The molecule has 2 heterocycles. The van der Waals surface area contributed by atoms with Gasteiger partial charge in [-0.25, -0.2) is 14.4 Å². The van der Waals surface area contributed by atoms with Gasteiger partial charge in [-0.2, -0.15) is 0 Å². The standard InChI is InChI=1S/C48H76O12Si/c1-18-30(2)28-31(3)24-25-36(50)55-41-40(59-61(16,17)46(13,14)15)47(27-26-32(4)37(54-34(6)49)33(5)29-35-22-20-19-21-23-35)56-38(42(52)57-44(7,8)9)39(51)48(41,60-47)43(53)58-45(10,11)12/h19-25,30-31,33,37-41,51H,4,18,26-29H2,1-3,5-17H3/b25-24+/t30-,31+,33+,37+,38-,39+,40+,41+,47-,48-/m0/s1. The van der Waals surface area contributed by atoms with Crippen molar-refractivity contribution in [2.45, 2.75) is 200 Å². The second-order valence-corrected chi connectivity index (χ2v) is 25.6. The number of aliphatic hydroxyl groups excluding tert-OH is 1. The third-order valence-corrected chi connectivity index (χ3v) is 16.2. The molecule has 61 heavy (non-hydrogen) atoms. The van der Waals surface area contributed by atoms with Crippen LogP contribution in [0, 0.1) is 17.8 Å². The molecule has 10 atom stereocenters. The molecule has 2 saturated heterocycles. The minimum absolute atomic E-state index is 0.0259. The lowest BCUT2D eigenvalue weighted by Gasteiger charge is -2.47. The first-order valence-corrected chi connectivity index (χ1v) is 24.8. The molecule has 0 spiro atoms. The van der Waals surface area contributed by atoms with Crippen molar-refractivity contribution in [1.29, 1.82) is 0 Å². The van der Waals surface area contributed by atoms with E-state index in [1.54, 1.807) is 47.6 Å². The van der Waals surface area contributed by atoms with E-state index in [1.165, 1.54) is 13.0 Å². The summed E-state index contributed by atoms with van der Waals surface area (Å²) in [5, 5.41) is 12.0. The number of rotatable bonds is 18. The third kappa shape index (κ3) is 13.3. The van der Waals surface area contributed by atoms with Gasteiger partial charge in [0.15, 0.2) is 26.3 Å². The van der Waals surface area contributed by atoms with E-state index in [-0.39, 0.29) is 24.7 Å². The summed E-state index contributed by atoms with van der Waals surface area (Å²) in [6.45, 7) is 34.0. The lowest BCUT2D eigenvalue weighted by atomic mass is 9.85. The third-order valence-electron chi connectivity index (χ3n) is 11.8. The van der Waals surface area contributed by atoms with Crippen LogP contribution in [0.2, 0.25) is 18.1 Å². The fourth-order valence-corrected chi connectivity index (χ4v) is 8.83. The quantitative estimate of drug-likeness (QED) is 0.0493. The van der Waals surface area contributed by atoms with Crippen LogP contribution in [-0.2, 0) is 58.4 Å². The van der Waals surface area contributed by atoms with E-state index >= 15 is 0 Å². The topological polar surface area (TPSA) is 153 Å². The second-order valence-electron chi connectivity index (χ2n) is 20.8. The molecule has 1 aromatic rings. The van der Waals surface area contributed by atoms with Crippen LogP contribution in [0.1, 0.15) is 128 Å². The molecule has 13 heteroatoms. The zero-order valence-corrected chi connectivity index (χ0v) is 40.8. The number of hydrogen-bond acceptors (Lipinski definition) is 12. The SMILES string of the molecule is C=C(CC[C@]12O[C@H](C(=O)OC(C)(C)C)[C@@H](O)[C@](C(=O)OC(C)(C)C)(O1)[C@H](OC(=O)/C=C/[C@@H](C)C[C@@H](C)CC)[C@H]2O[Si](C)(C)C(C)(C)C)[C@@H](OC(C)=O)[C@H](C)Cc1ccccc1. The van der Waals surface area contributed by atoms with Crippen LogP contribution >= 0.6 is 0 Å². The molecule has 2 bridgehead atoms. The average Bonchev–Trinajstić information content (AvgIpc) is 3.33. The van der Waals surface area contributed by atoms with Crippen molar-refractivity contribution >= 4 is 32.2 Å². The Morgan fingerprint density at radius 1 is 0.934 bits per heavy atom. The fraction of sp³-hybridized carbons (Fsp3) is 0.708. The molecule has 0 amide bonds. The van der Waals surface area contributed by atoms with E-state index in [9.17, 15) is 24.3 Å². The highest BCUT2D eigenvalue weighted by Crippen LogP contribution is 2.55. The van der Waals surface area contributed by atoms with Gasteiger partial charge in [0.2, 0.25) is 5.60 Å². The van der Waals surface area contributed by atoms with Crippen LogP contribution < -0.4 is 0 Å². The van der Waals surface area contributed by atoms with Crippen molar-refractivity contribution in [1.82, 2.24) is 0 Å². The van der Waals surface area contributed by atoms with Crippen LogP contribution in [0.25, 0.3) is 0 Å². The fourth-order valence-electron chi connectivity index (χ4n) is 7.54. The number of carbonyl (C=O) groups is 4. The molecule has 2 fully saturated rings. The molecule has 1 aromatic carbocycles. The Morgan fingerprint density at radius 3 is 2.05 bits per heavy atom. The Labute approximate surface area is 366 Å². The first kappa shape index (κ1) is 52.0. The van der Waals surface area contributed by atoms with Crippen molar-refractivity contribution < 1.29 is 57.1 Å². The number of esters is 4. The molecule has 0 radical (unpaired) electrons. The van der Waals surface area contributed by atoms with Crippen molar-refractivity contribution in [2.24, 2.45) is 17.8 Å². The van der Waals surface area contributed by atoms with Crippen LogP contribution in [0.15, 0.2) is 54.6 Å². The van der Waals surface area contributed by atoms with Gasteiger partial charge in [-0.3, -0.25) is 4.79 Å².